The first-order chi connectivity index (χ1) is 16.6. The van der Waals surface area contributed by atoms with Crippen molar-refractivity contribution in [3.63, 3.8) is 0 Å². The van der Waals surface area contributed by atoms with Crippen LogP contribution in [0.1, 0.15) is 36.2 Å². The normalized spacial score (nSPS) is 23.2. The summed E-state index contributed by atoms with van der Waals surface area (Å²) >= 11 is 0. The summed E-state index contributed by atoms with van der Waals surface area (Å²) in [4.78, 5) is 6.61. The summed E-state index contributed by atoms with van der Waals surface area (Å²) in [5.74, 6) is 9.89. The van der Waals surface area contributed by atoms with Gasteiger partial charge >= 0.3 is 0 Å². The van der Waals surface area contributed by atoms with Crippen molar-refractivity contribution in [2.75, 3.05) is 39.8 Å². The van der Waals surface area contributed by atoms with E-state index >= 15 is 0 Å². The van der Waals surface area contributed by atoms with E-state index in [-0.39, 0.29) is 12.6 Å². The van der Waals surface area contributed by atoms with E-state index < -0.39 is 6.10 Å². The van der Waals surface area contributed by atoms with Crippen molar-refractivity contribution in [3.05, 3.63) is 59.8 Å². The fourth-order valence-electron chi connectivity index (χ4n) is 5.07. The van der Waals surface area contributed by atoms with Gasteiger partial charge in [0.15, 0.2) is 5.76 Å². The second-order valence-corrected chi connectivity index (χ2v) is 9.24. The minimum atomic E-state index is -0.677. The number of nitrogens with zero attached hydrogens (tertiary/aromatic N) is 4. The molecular formula is C26H31N5O3. The molecule has 3 N–H and O–H groups in total. The Kier molecular flexibility index (Phi) is 6.53. The number of aliphatic hydroxyl groups is 2. The molecule has 1 aliphatic heterocycles. The number of aromatic nitrogens is 3. The first-order valence-electron chi connectivity index (χ1n) is 11.9. The minimum Gasteiger partial charge on any atom is -0.395 e. The van der Waals surface area contributed by atoms with E-state index in [0.717, 1.165) is 36.5 Å². The lowest BCUT2D eigenvalue weighted by Crippen LogP contribution is -2.27. The molecule has 1 saturated carbocycles. The number of fused-ring (bicyclic) bond motifs is 1. The molecule has 1 saturated heterocycles. The number of rotatable bonds is 8. The number of benzene rings is 1. The van der Waals surface area contributed by atoms with Gasteiger partial charge in [0.1, 0.15) is 17.6 Å². The van der Waals surface area contributed by atoms with Crippen LogP contribution in [0.25, 0.3) is 11.3 Å². The average molecular weight is 462 g/mol. The summed E-state index contributed by atoms with van der Waals surface area (Å²) < 4.78 is 7.60. The molecule has 0 spiro atoms. The third-order valence-electron chi connectivity index (χ3n) is 6.91. The second kappa shape index (κ2) is 9.72. The zero-order valence-corrected chi connectivity index (χ0v) is 19.6. The fraction of sp³-hybridized carbons (Fsp3) is 0.462. The van der Waals surface area contributed by atoms with Gasteiger partial charge in [0.05, 0.1) is 12.6 Å². The quantitative estimate of drug-likeness (QED) is 0.441. The van der Waals surface area contributed by atoms with Crippen molar-refractivity contribution in [1.82, 2.24) is 24.9 Å². The summed E-state index contributed by atoms with van der Waals surface area (Å²) in [6.45, 7) is 5.45. The number of aliphatic hydroxyl groups excluding tert-OH is 2. The molecular weight excluding hydrogens is 430 g/mol. The molecule has 2 aliphatic rings. The van der Waals surface area contributed by atoms with Gasteiger partial charge < -0.3 is 29.5 Å². The summed E-state index contributed by atoms with van der Waals surface area (Å²) in [7, 11) is 1.88. The van der Waals surface area contributed by atoms with Crippen LogP contribution >= 0.6 is 0 Å². The van der Waals surface area contributed by atoms with E-state index in [0.29, 0.717) is 35.9 Å². The summed E-state index contributed by atoms with van der Waals surface area (Å²) in [5.41, 5.74) is 2.70. The lowest BCUT2D eigenvalue weighted by atomic mass is 10.1. The zero-order chi connectivity index (χ0) is 23.7. The SMILES string of the molecule is CNC[C@H](c1cc(-c2ccc(C#CC3[C@H]4CN(CCO)C[C@@H]34)cc2)on1)n1ccnc1[C@H](C)O. The molecule has 5 rings (SSSR count). The highest BCUT2D eigenvalue weighted by molar-refractivity contribution is 5.59. The molecule has 1 aromatic carbocycles. The molecule has 2 aromatic heterocycles. The van der Waals surface area contributed by atoms with Gasteiger partial charge in [-0.2, -0.15) is 0 Å². The van der Waals surface area contributed by atoms with E-state index in [1.54, 1.807) is 13.1 Å². The Morgan fingerprint density at radius 3 is 2.68 bits per heavy atom. The van der Waals surface area contributed by atoms with Gasteiger partial charge in [-0.3, -0.25) is 0 Å². The van der Waals surface area contributed by atoms with Crippen molar-refractivity contribution in [3.8, 4) is 23.2 Å². The second-order valence-electron chi connectivity index (χ2n) is 9.24. The zero-order valence-electron chi connectivity index (χ0n) is 19.6. The highest BCUT2D eigenvalue weighted by Crippen LogP contribution is 2.51. The number of hydrogen-bond donors (Lipinski definition) is 3. The number of piperidine rings is 1. The van der Waals surface area contributed by atoms with E-state index in [1.807, 2.05) is 48.1 Å². The van der Waals surface area contributed by atoms with Gasteiger partial charge in [-0.15, -0.1) is 0 Å². The van der Waals surface area contributed by atoms with Gasteiger partial charge in [-0.05, 0) is 50.1 Å². The smallest absolute Gasteiger partial charge is 0.167 e. The third-order valence-corrected chi connectivity index (χ3v) is 6.91. The van der Waals surface area contributed by atoms with Crippen LogP contribution in [0, 0.1) is 29.6 Å². The molecule has 1 aliphatic carbocycles. The van der Waals surface area contributed by atoms with Gasteiger partial charge in [0.25, 0.3) is 0 Å². The molecule has 2 fully saturated rings. The molecule has 0 bridgehead atoms. The van der Waals surface area contributed by atoms with Gasteiger partial charge in [-0.1, -0.05) is 17.0 Å². The third kappa shape index (κ3) is 4.52. The van der Waals surface area contributed by atoms with Crippen LogP contribution in [0.2, 0.25) is 0 Å². The number of likely N-dealkylation sites (N-methyl/N-ethyl adjacent to an activating group) is 1. The van der Waals surface area contributed by atoms with Gasteiger partial charge in [-0.25, -0.2) is 4.98 Å². The van der Waals surface area contributed by atoms with Crippen LogP contribution in [0.4, 0.5) is 0 Å². The monoisotopic (exact) mass is 461 g/mol. The molecule has 1 unspecified atom stereocenters. The number of likely N-dealkylation sites (tertiary alicyclic amines) is 1. The van der Waals surface area contributed by atoms with Crippen molar-refractivity contribution in [2.45, 2.75) is 19.1 Å². The molecule has 5 atom stereocenters. The Morgan fingerprint density at radius 1 is 1.24 bits per heavy atom. The van der Waals surface area contributed by atoms with E-state index in [9.17, 15) is 5.11 Å². The Hall–Kier alpha value is -2.96. The summed E-state index contributed by atoms with van der Waals surface area (Å²) in [6, 6.07) is 9.86. The van der Waals surface area contributed by atoms with Gasteiger partial charge in [0.2, 0.25) is 0 Å². The van der Waals surface area contributed by atoms with Crippen molar-refractivity contribution in [2.24, 2.45) is 17.8 Å². The maximum Gasteiger partial charge on any atom is 0.167 e. The van der Waals surface area contributed by atoms with E-state index in [2.05, 4.69) is 32.2 Å². The predicted octanol–water partition coefficient (Wildman–Crippen LogP) is 1.92. The largest absolute Gasteiger partial charge is 0.395 e. The maximum atomic E-state index is 10.1. The molecule has 8 nitrogen and oxygen atoms in total. The van der Waals surface area contributed by atoms with Crippen LogP contribution in [-0.4, -0.2) is 69.7 Å². The topological polar surface area (TPSA) is 99.6 Å². The molecule has 0 radical (unpaired) electrons. The average Bonchev–Trinajstić information content (AvgIpc) is 3.35. The molecule has 8 heteroatoms. The molecule has 3 aromatic rings. The standard InChI is InChI=1S/C26H31N5O3/c1-17(33)26-28-9-10-31(26)24(14-27-2)23-13-25(34-29-23)19-6-3-18(4-7-19)5-8-20-21-15-30(11-12-32)16-22(20)21/h3-4,6-7,9-10,13,17,20-22,24,27,32-33H,11-12,14-16H2,1-2H3/t17-,20?,21-,22+,24+/m0/s1. The molecule has 34 heavy (non-hydrogen) atoms. The van der Waals surface area contributed by atoms with E-state index in [4.69, 9.17) is 9.63 Å². The fourth-order valence-corrected chi connectivity index (χ4v) is 5.07. The Labute approximate surface area is 199 Å². The van der Waals surface area contributed by atoms with Crippen molar-refractivity contribution < 1.29 is 14.7 Å². The Bertz CT molecular complexity index is 1160. The summed E-state index contributed by atoms with van der Waals surface area (Å²) in [6.07, 6.45) is 2.86. The lowest BCUT2D eigenvalue weighted by molar-refractivity contribution is 0.181. The molecule has 0 amide bonds. The Balaban J connectivity index is 1.26. The van der Waals surface area contributed by atoms with Crippen molar-refractivity contribution in [1.29, 1.82) is 0 Å². The molecule has 178 valence electrons. The first-order valence-corrected chi connectivity index (χ1v) is 11.9. The predicted molar refractivity (Wildman–Crippen MR) is 128 cm³/mol. The van der Waals surface area contributed by atoms with Crippen LogP contribution in [0.3, 0.4) is 0 Å². The highest BCUT2D eigenvalue weighted by atomic mass is 16.5. The molecule has 3 heterocycles. The van der Waals surface area contributed by atoms with Crippen LogP contribution in [0.15, 0.2) is 47.2 Å². The summed E-state index contributed by atoms with van der Waals surface area (Å²) in [5, 5.41) is 26.6. The lowest BCUT2D eigenvalue weighted by Gasteiger charge is -2.19. The first kappa shape index (κ1) is 22.8. The highest BCUT2D eigenvalue weighted by Gasteiger charge is 2.54. The minimum absolute atomic E-state index is 0.147. The van der Waals surface area contributed by atoms with Crippen molar-refractivity contribution >= 4 is 0 Å². The number of imidazole rings is 1. The van der Waals surface area contributed by atoms with E-state index in [1.165, 1.54) is 0 Å². The number of β-amino-alcohol motifs (C(OH)–C–C–N with tert-alkyl or cyclic N) is 1. The van der Waals surface area contributed by atoms with Gasteiger partial charge in [0, 0.05) is 61.7 Å². The van der Waals surface area contributed by atoms with Crippen LogP contribution < -0.4 is 5.32 Å². The maximum absolute atomic E-state index is 10.1. The number of nitrogens with one attached hydrogen (secondary N) is 1. The number of hydrogen-bond acceptors (Lipinski definition) is 7. The van der Waals surface area contributed by atoms with Crippen LogP contribution in [-0.2, 0) is 0 Å². The van der Waals surface area contributed by atoms with Crippen LogP contribution in [0.5, 0.6) is 0 Å². The Morgan fingerprint density at radius 2 is 2.00 bits per heavy atom.